The summed E-state index contributed by atoms with van der Waals surface area (Å²) < 4.78 is 22.6. The highest BCUT2D eigenvalue weighted by Gasteiger charge is 2.35. The van der Waals surface area contributed by atoms with Gasteiger partial charge in [-0.15, -0.1) is 0 Å². The molecule has 0 aromatic carbocycles. The van der Waals surface area contributed by atoms with E-state index in [0.717, 1.165) is 6.42 Å². The lowest BCUT2D eigenvalue weighted by Crippen LogP contribution is -2.44. The van der Waals surface area contributed by atoms with E-state index in [1.807, 2.05) is 0 Å². The van der Waals surface area contributed by atoms with E-state index in [1.54, 1.807) is 0 Å². The second-order valence-corrected chi connectivity index (χ2v) is 7.35. The molecular weight excluding hydrogens is 256 g/mol. The number of hydrogen-bond acceptors (Lipinski definition) is 4. The van der Waals surface area contributed by atoms with Crippen molar-refractivity contribution in [3.63, 3.8) is 0 Å². The third-order valence-corrected chi connectivity index (χ3v) is 5.53. The van der Waals surface area contributed by atoms with Gasteiger partial charge in [0.25, 0.3) is 0 Å². The van der Waals surface area contributed by atoms with Crippen molar-refractivity contribution in [1.29, 1.82) is 0 Å². The molecule has 0 aromatic rings. The van der Waals surface area contributed by atoms with Gasteiger partial charge in [0.2, 0.25) is 11.8 Å². The number of likely N-dealkylation sites (tertiary alicyclic amines) is 1. The Bertz CT molecular complexity index is 460. The SMILES string of the molecule is NC(=O)C1CCCN1C(=O)CC1CCS(=O)(=O)C1. The Morgan fingerprint density at radius 3 is 2.56 bits per heavy atom. The number of nitrogens with two attached hydrogens (primary N) is 1. The summed E-state index contributed by atoms with van der Waals surface area (Å²) in [6.45, 7) is 0.548. The molecule has 102 valence electrons. The van der Waals surface area contributed by atoms with Crippen LogP contribution in [0.2, 0.25) is 0 Å². The van der Waals surface area contributed by atoms with Crippen LogP contribution in [0.5, 0.6) is 0 Å². The highest BCUT2D eigenvalue weighted by Crippen LogP contribution is 2.25. The standard InChI is InChI=1S/C11H18N2O4S/c12-11(15)9-2-1-4-13(9)10(14)6-8-3-5-18(16,17)7-8/h8-9H,1-7H2,(H2,12,15). The molecule has 2 N–H and O–H groups in total. The molecule has 2 saturated heterocycles. The Labute approximate surface area is 106 Å². The summed E-state index contributed by atoms with van der Waals surface area (Å²) in [5.41, 5.74) is 5.25. The van der Waals surface area contributed by atoms with Crippen LogP contribution in [0.25, 0.3) is 0 Å². The molecule has 6 nitrogen and oxygen atoms in total. The van der Waals surface area contributed by atoms with E-state index in [1.165, 1.54) is 4.90 Å². The molecule has 0 aliphatic carbocycles. The number of primary amides is 1. The normalized spacial score (nSPS) is 30.6. The van der Waals surface area contributed by atoms with E-state index in [0.29, 0.717) is 19.4 Å². The minimum atomic E-state index is -2.96. The number of hydrogen-bond donors (Lipinski definition) is 1. The first-order chi connectivity index (χ1) is 8.39. The predicted octanol–water partition coefficient (Wildman–Crippen LogP) is -0.712. The van der Waals surface area contributed by atoms with E-state index < -0.39 is 21.8 Å². The van der Waals surface area contributed by atoms with Crippen LogP contribution in [0.1, 0.15) is 25.7 Å². The van der Waals surface area contributed by atoms with Crippen molar-refractivity contribution >= 4 is 21.7 Å². The van der Waals surface area contributed by atoms with E-state index in [9.17, 15) is 18.0 Å². The topological polar surface area (TPSA) is 97.5 Å². The molecule has 18 heavy (non-hydrogen) atoms. The number of nitrogens with zero attached hydrogens (tertiary/aromatic N) is 1. The van der Waals surface area contributed by atoms with Gasteiger partial charge >= 0.3 is 0 Å². The Kier molecular flexibility index (Phi) is 3.61. The zero-order chi connectivity index (χ0) is 13.3. The van der Waals surface area contributed by atoms with E-state index in [2.05, 4.69) is 0 Å². The smallest absolute Gasteiger partial charge is 0.240 e. The molecule has 0 saturated carbocycles. The van der Waals surface area contributed by atoms with Crippen LogP contribution in [0.15, 0.2) is 0 Å². The van der Waals surface area contributed by atoms with Crippen LogP contribution in [0.4, 0.5) is 0 Å². The molecule has 2 fully saturated rings. The Morgan fingerprint density at radius 1 is 1.28 bits per heavy atom. The first kappa shape index (κ1) is 13.3. The van der Waals surface area contributed by atoms with Crippen LogP contribution < -0.4 is 5.73 Å². The summed E-state index contributed by atoms with van der Waals surface area (Å²) in [6, 6.07) is -0.504. The quantitative estimate of drug-likeness (QED) is 0.735. The van der Waals surface area contributed by atoms with Crippen LogP contribution in [0.3, 0.4) is 0 Å². The summed E-state index contributed by atoms with van der Waals surface area (Å²) >= 11 is 0. The van der Waals surface area contributed by atoms with Gasteiger partial charge in [0.05, 0.1) is 11.5 Å². The lowest BCUT2D eigenvalue weighted by atomic mass is 10.0. The van der Waals surface area contributed by atoms with Crippen molar-refractivity contribution in [2.45, 2.75) is 31.7 Å². The van der Waals surface area contributed by atoms with Gasteiger partial charge < -0.3 is 10.6 Å². The van der Waals surface area contributed by atoms with Gasteiger partial charge in [-0.25, -0.2) is 8.42 Å². The van der Waals surface area contributed by atoms with Crippen molar-refractivity contribution in [3.05, 3.63) is 0 Å². The molecule has 7 heteroatoms. The number of carbonyl (C=O) groups is 2. The second-order valence-electron chi connectivity index (χ2n) is 5.12. The minimum Gasteiger partial charge on any atom is -0.368 e. The number of carbonyl (C=O) groups excluding carboxylic acids is 2. The average molecular weight is 274 g/mol. The molecular formula is C11H18N2O4S. The maximum absolute atomic E-state index is 12.1. The zero-order valence-corrected chi connectivity index (χ0v) is 11.0. The molecule has 2 heterocycles. The molecule has 0 spiro atoms. The maximum Gasteiger partial charge on any atom is 0.240 e. The summed E-state index contributed by atoms with van der Waals surface area (Å²) in [7, 11) is -2.96. The molecule has 0 aromatic heterocycles. The fourth-order valence-electron chi connectivity index (χ4n) is 2.76. The van der Waals surface area contributed by atoms with Crippen molar-refractivity contribution in [2.24, 2.45) is 11.7 Å². The van der Waals surface area contributed by atoms with Crippen molar-refractivity contribution in [3.8, 4) is 0 Å². The Hall–Kier alpha value is -1.11. The molecule has 2 aliphatic heterocycles. The highest BCUT2D eigenvalue weighted by atomic mass is 32.2. The number of amides is 2. The maximum atomic E-state index is 12.1. The van der Waals surface area contributed by atoms with Crippen LogP contribution >= 0.6 is 0 Å². The van der Waals surface area contributed by atoms with Gasteiger partial charge in [0, 0.05) is 13.0 Å². The van der Waals surface area contributed by atoms with E-state index in [4.69, 9.17) is 5.73 Å². The van der Waals surface area contributed by atoms with Crippen molar-refractivity contribution in [1.82, 2.24) is 4.90 Å². The Balaban J connectivity index is 1.94. The summed E-state index contributed by atoms with van der Waals surface area (Å²) in [4.78, 5) is 24.7. The molecule has 2 amide bonds. The third-order valence-electron chi connectivity index (χ3n) is 3.69. The van der Waals surface area contributed by atoms with Crippen LogP contribution in [-0.4, -0.2) is 49.2 Å². The van der Waals surface area contributed by atoms with Gasteiger partial charge in [0.15, 0.2) is 9.84 Å². The van der Waals surface area contributed by atoms with Crippen LogP contribution in [-0.2, 0) is 19.4 Å². The average Bonchev–Trinajstić information content (AvgIpc) is 2.84. The van der Waals surface area contributed by atoms with Crippen LogP contribution in [0, 0.1) is 5.92 Å². The van der Waals surface area contributed by atoms with E-state index in [-0.39, 0.29) is 29.8 Å². The number of rotatable bonds is 3. The van der Waals surface area contributed by atoms with Crippen molar-refractivity contribution < 1.29 is 18.0 Å². The largest absolute Gasteiger partial charge is 0.368 e. The summed E-state index contributed by atoms with van der Waals surface area (Å²) in [6.07, 6.45) is 2.15. The molecule has 0 bridgehead atoms. The van der Waals surface area contributed by atoms with Gasteiger partial charge in [-0.2, -0.15) is 0 Å². The van der Waals surface area contributed by atoms with Gasteiger partial charge in [0.1, 0.15) is 6.04 Å². The zero-order valence-electron chi connectivity index (χ0n) is 10.2. The summed E-state index contributed by atoms with van der Waals surface area (Å²) in [5, 5.41) is 0. The minimum absolute atomic E-state index is 0.0911. The third kappa shape index (κ3) is 2.82. The van der Waals surface area contributed by atoms with Gasteiger partial charge in [-0.1, -0.05) is 0 Å². The monoisotopic (exact) mass is 274 g/mol. The predicted molar refractivity (Wildman–Crippen MR) is 65.3 cm³/mol. The first-order valence-electron chi connectivity index (χ1n) is 6.18. The molecule has 2 unspecified atom stereocenters. The molecule has 2 atom stereocenters. The first-order valence-corrected chi connectivity index (χ1v) is 8.00. The second kappa shape index (κ2) is 4.87. The fourth-order valence-corrected chi connectivity index (χ4v) is 4.62. The van der Waals surface area contributed by atoms with Crippen molar-refractivity contribution in [2.75, 3.05) is 18.1 Å². The van der Waals surface area contributed by atoms with Gasteiger partial charge in [-0.05, 0) is 25.2 Å². The Morgan fingerprint density at radius 2 is 2.00 bits per heavy atom. The summed E-state index contributed by atoms with van der Waals surface area (Å²) in [5.74, 6) is -0.451. The lowest BCUT2D eigenvalue weighted by Gasteiger charge is -2.23. The highest BCUT2D eigenvalue weighted by molar-refractivity contribution is 7.91. The van der Waals surface area contributed by atoms with Gasteiger partial charge in [-0.3, -0.25) is 9.59 Å². The lowest BCUT2D eigenvalue weighted by molar-refractivity contribution is -0.137. The molecule has 2 rings (SSSR count). The fraction of sp³-hybridized carbons (Fsp3) is 0.818. The molecule has 0 radical (unpaired) electrons. The number of sulfone groups is 1. The van der Waals surface area contributed by atoms with E-state index >= 15 is 0 Å². The molecule has 2 aliphatic rings.